The van der Waals surface area contributed by atoms with Crippen molar-refractivity contribution in [2.45, 2.75) is 6.92 Å². The number of hydrogen-bond acceptors (Lipinski definition) is 1. The van der Waals surface area contributed by atoms with Gasteiger partial charge in [-0.25, -0.2) is 0 Å². The number of fused-ring (bicyclic) bond motifs is 3. The molecule has 0 amide bonds. The van der Waals surface area contributed by atoms with Gasteiger partial charge in [0.2, 0.25) is 0 Å². The molecule has 0 unspecified atom stereocenters. The Morgan fingerprint density at radius 3 is 1.25 bits per heavy atom. The van der Waals surface area contributed by atoms with Crippen LogP contribution in [0.25, 0.3) is 60.9 Å². The van der Waals surface area contributed by atoms with E-state index < -0.39 is 0 Å². The van der Waals surface area contributed by atoms with Crippen LogP contribution in [0.5, 0.6) is 0 Å². The zero-order valence-corrected chi connectivity index (χ0v) is 28.4. The van der Waals surface area contributed by atoms with Crippen molar-refractivity contribution < 1.29 is 0 Å². The van der Waals surface area contributed by atoms with Gasteiger partial charge in [-0.3, -0.25) is 0 Å². The summed E-state index contributed by atoms with van der Waals surface area (Å²) in [4.78, 5) is 2.33. The highest BCUT2D eigenvalue weighted by molar-refractivity contribution is 6.09. The summed E-state index contributed by atoms with van der Waals surface area (Å²) in [5.41, 5.74) is 15.4. The van der Waals surface area contributed by atoms with Gasteiger partial charge in [0.25, 0.3) is 0 Å². The van der Waals surface area contributed by atoms with Crippen LogP contribution in [0, 0.1) is 6.92 Å². The number of benzene rings is 8. The van der Waals surface area contributed by atoms with E-state index in [0.717, 1.165) is 22.7 Å². The van der Waals surface area contributed by atoms with Gasteiger partial charge in [0.1, 0.15) is 0 Å². The topological polar surface area (TPSA) is 8.17 Å². The van der Waals surface area contributed by atoms with Crippen molar-refractivity contribution in [1.29, 1.82) is 0 Å². The Balaban J connectivity index is 1.06. The summed E-state index contributed by atoms with van der Waals surface area (Å²) in [7, 11) is 0. The lowest BCUT2D eigenvalue weighted by atomic mass is 9.94. The molecule has 51 heavy (non-hydrogen) atoms. The summed E-state index contributed by atoms with van der Waals surface area (Å²) in [5.74, 6) is 0. The molecule has 0 aliphatic rings. The van der Waals surface area contributed by atoms with Crippen LogP contribution >= 0.6 is 0 Å². The summed E-state index contributed by atoms with van der Waals surface area (Å²) in [6, 6.07) is 72.2. The zero-order valence-electron chi connectivity index (χ0n) is 28.4. The van der Waals surface area contributed by atoms with E-state index in [1.807, 2.05) is 0 Å². The average molecular weight is 653 g/mol. The van der Waals surface area contributed by atoms with Crippen LogP contribution in [0.1, 0.15) is 5.56 Å². The third-order valence-electron chi connectivity index (χ3n) is 9.90. The van der Waals surface area contributed by atoms with Gasteiger partial charge in [-0.2, -0.15) is 0 Å². The Labute approximate surface area is 299 Å². The Morgan fingerprint density at radius 2 is 0.725 bits per heavy atom. The first-order chi connectivity index (χ1) is 25.2. The van der Waals surface area contributed by atoms with E-state index in [4.69, 9.17) is 0 Å². The van der Waals surface area contributed by atoms with E-state index in [0.29, 0.717) is 0 Å². The van der Waals surface area contributed by atoms with E-state index >= 15 is 0 Å². The molecule has 0 saturated carbocycles. The standard InChI is InChI=1S/C49H36N2/c1-35-19-27-40(28-20-35)50(41-29-21-37(22-30-41)36-11-3-2-4-12-36)42-31-23-38(24-32-42)44-13-5-6-14-45(44)39-25-33-43(34-26-39)51-48-17-9-7-15-46(48)47-16-8-10-18-49(47)51/h2-34H,1H3. The molecule has 2 nitrogen and oxygen atoms in total. The van der Waals surface area contributed by atoms with E-state index in [-0.39, 0.29) is 0 Å². The van der Waals surface area contributed by atoms with Gasteiger partial charge in [-0.15, -0.1) is 0 Å². The van der Waals surface area contributed by atoms with E-state index in [9.17, 15) is 0 Å². The van der Waals surface area contributed by atoms with E-state index in [1.54, 1.807) is 0 Å². The molecule has 0 fully saturated rings. The lowest BCUT2D eigenvalue weighted by Gasteiger charge is -2.26. The van der Waals surface area contributed by atoms with Crippen molar-refractivity contribution in [1.82, 2.24) is 4.57 Å². The second kappa shape index (κ2) is 13.0. The van der Waals surface area contributed by atoms with Crippen LogP contribution in [0.4, 0.5) is 17.1 Å². The van der Waals surface area contributed by atoms with Crippen LogP contribution in [-0.4, -0.2) is 4.57 Å². The number of hydrogen-bond donors (Lipinski definition) is 0. The van der Waals surface area contributed by atoms with Gasteiger partial charge in [0, 0.05) is 33.5 Å². The third-order valence-corrected chi connectivity index (χ3v) is 9.90. The summed E-state index contributed by atoms with van der Waals surface area (Å²) in [6.45, 7) is 2.13. The maximum atomic E-state index is 2.37. The highest BCUT2D eigenvalue weighted by atomic mass is 15.1. The molecule has 0 spiro atoms. The van der Waals surface area contributed by atoms with Crippen molar-refractivity contribution in [2.75, 3.05) is 4.90 Å². The number of rotatable bonds is 7. The lowest BCUT2D eigenvalue weighted by Crippen LogP contribution is -2.09. The normalized spacial score (nSPS) is 11.2. The summed E-state index contributed by atoms with van der Waals surface area (Å²) in [6.07, 6.45) is 0. The monoisotopic (exact) mass is 652 g/mol. The first-order valence-electron chi connectivity index (χ1n) is 17.5. The molecule has 242 valence electrons. The molecule has 0 radical (unpaired) electrons. The van der Waals surface area contributed by atoms with Crippen LogP contribution in [0.3, 0.4) is 0 Å². The minimum Gasteiger partial charge on any atom is -0.311 e. The Kier molecular flexibility index (Phi) is 7.75. The van der Waals surface area contributed by atoms with Gasteiger partial charge in [0.05, 0.1) is 11.0 Å². The first-order valence-corrected chi connectivity index (χ1v) is 17.5. The second-order valence-corrected chi connectivity index (χ2v) is 13.1. The van der Waals surface area contributed by atoms with E-state index in [2.05, 4.69) is 217 Å². The molecule has 0 aliphatic heterocycles. The molecule has 0 atom stereocenters. The average Bonchev–Trinajstić information content (AvgIpc) is 3.54. The van der Waals surface area contributed by atoms with Gasteiger partial charge >= 0.3 is 0 Å². The van der Waals surface area contributed by atoms with Gasteiger partial charge in [0.15, 0.2) is 0 Å². The number of nitrogens with zero attached hydrogens (tertiary/aromatic N) is 2. The van der Waals surface area contributed by atoms with Crippen molar-refractivity contribution in [3.05, 3.63) is 206 Å². The van der Waals surface area contributed by atoms with Crippen molar-refractivity contribution >= 4 is 38.9 Å². The molecule has 0 bridgehead atoms. The molecule has 0 aliphatic carbocycles. The molecular formula is C49H36N2. The quantitative estimate of drug-likeness (QED) is 0.166. The molecule has 8 aromatic carbocycles. The number of para-hydroxylation sites is 2. The summed E-state index contributed by atoms with van der Waals surface area (Å²) in [5, 5.41) is 2.55. The molecule has 1 heterocycles. The zero-order chi connectivity index (χ0) is 34.1. The maximum Gasteiger partial charge on any atom is 0.0541 e. The molecule has 2 heteroatoms. The predicted octanol–water partition coefficient (Wildman–Crippen LogP) is 13.6. The number of anilines is 3. The first kappa shape index (κ1) is 30.4. The lowest BCUT2D eigenvalue weighted by molar-refractivity contribution is 1.18. The highest BCUT2D eigenvalue weighted by Gasteiger charge is 2.15. The fraction of sp³-hybridized carbons (Fsp3) is 0.0204. The summed E-state index contributed by atoms with van der Waals surface area (Å²) >= 11 is 0. The molecule has 9 aromatic rings. The molecular weight excluding hydrogens is 617 g/mol. The fourth-order valence-electron chi connectivity index (χ4n) is 7.34. The largest absolute Gasteiger partial charge is 0.311 e. The third kappa shape index (κ3) is 5.67. The smallest absolute Gasteiger partial charge is 0.0541 e. The minimum atomic E-state index is 1.11. The van der Waals surface area contributed by atoms with Crippen LogP contribution in [0.2, 0.25) is 0 Å². The highest BCUT2D eigenvalue weighted by Crippen LogP contribution is 2.39. The van der Waals surface area contributed by atoms with Gasteiger partial charge in [-0.05, 0) is 101 Å². The van der Waals surface area contributed by atoms with Crippen molar-refractivity contribution in [2.24, 2.45) is 0 Å². The molecule has 1 aromatic heterocycles. The second-order valence-electron chi connectivity index (χ2n) is 13.1. The summed E-state index contributed by atoms with van der Waals surface area (Å²) < 4.78 is 2.37. The fourth-order valence-corrected chi connectivity index (χ4v) is 7.34. The van der Waals surface area contributed by atoms with Crippen molar-refractivity contribution in [3.8, 4) is 39.1 Å². The van der Waals surface area contributed by atoms with Crippen LogP contribution in [-0.2, 0) is 0 Å². The Hall–Kier alpha value is -6.64. The molecule has 9 rings (SSSR count). The van der Waals surface area contributed by atoms with Gasteiger partial charge < -0.3 is 9.47 Å². The number of aromatic nitrogens is 1. The predicted molar refractivity (Wildman–Crippen MR) is 217 cm³/mol. The van der Waals surface area contributed by atoms with Crippen LogP contribution < -0.4 is 4.90 Å². The minimum absolute atomic E-state index is 1.11. The molecule has 0 N–H and O–H groups in total. The van der Waals surface area contributed by atoms with E-state index in [1.165, 1.54) is 60.8 Å². The Morgan fingerprint density at radius 1 is 0.333 bits per heavy atom. The molecule has 0 saturated heterocycles. The van der Waals surface area contributed by atoms with Gasteiger partial charge in [-0.1, -0.05) is 145 Å². The maximum absolute atomic E-state index is 2.37. The van der Waals surface area contributed by atoms with Crippen molar-refractivity contribution in [3.63, 3.8) is 0 Å². The Bertz CT molecular complexity index is 2540. The number of aryl methyl sites for hydroxylation is 1. The SMILES string of the molecule is Cc1ccc(N(c2ccc(-c3ccccc3)cc2)c2ccc(-c3ccccc3-c3ccc(-n4c5ccccc5c5ccccc54)cc3)cc2)cc1. The van der Waals surface area contributed by atoms with Crippen LogP contribution in [0.15, 0.2) is 200 Å².